The van der Waals surface area contributed by atoms with Crippen molar-refractivity contribution in [2.24, 2.45) is 5.10 Å². The molecule has 0 heterocycles. The van der Waals surface area contributed by atoms with E-state index in [1.807, 2.05) is 61.5 Å². The number of halogens is 2. The number of hydrogen-bond acceptors (Lipinski definition) is 4. The van der Waals surface area contributed by atoms with Crippen molar-refractivity contribution in [3.05, 3.63) is 106 Å². The number of nitrogens with one attached hydrogen (secondary N) is 1. The fourth-order valence-corrected chi connectivity index (χ4v) is 3.89. The Bertz CT molecular complexity index is 1250. The van der Waals surface area contributed by atoms with Crippen molar-refractivity contribution in [2.45, 2.75) is 20.1 Å². The number of ether oxygens (including phenoxy) is 2. The minimum Gasteiger partial charge on any atom is -0.490 e. The smallest absolute Gasteiger partial charge is 0.180 e. The van der Waals surface area contributed by atoms with Crippen molar-refractivity contribution < 1.29 is 9.47 Å². The minimum absolute atomic E-state index is 0.386. The standard InChI is InChI=1S/C27H24Cl2N2O2/c1-2-32-26-15-20(17-31-30-16-19-10-12-23(28)13-11-19)14-25(29)27(26)33-18-22-8-5-7-21-6-3-4-9-24(21)22/h3-15,17,30H,2,16,18H2,1H3/b31-17-. The first-order valence-electron chi connectivity index (χ1n) is 10.7. The van der Waals surface area contributed by atoms with E-state index in [2.05, 4.69) is 34.8 Å². The second-order valence-electron chi connectivity index (χ2n) is 7.41. The highest BCUT2D eigenvalue weighted by Gasteiger charge is 2.13. The van der Waals surface area contributed by atoms with Gasteiger partial charge in [-0.3, -0.25) is 0 Å². The molecule has 0 aliphatic rings. The van der Waals surface area contributed by atoms with Gasteiger partial charge in [-0.1, -0.05) is 77.8 Å². The van der Waals surface area contributed by atoms with Gasteiger partial charge >= 0.3 is 0 Å². The van der Waals surface area contributed by atoms with Crippen molar-refractivity contribution in [1.29, 1.82) is 0 Å². The molecule has 0 aliphatic carbocycles. The van der Waals surface area contributed by atoms with Crippen LogP contribution in [0.2, 0.25) is 10.0 Å². The zero-order valence-corrected chi connectivity index (χ0v) is 19.7. The highest BCUT2D eigenvalue weighted by molar-refractivity contribution is 6.32. The quantitative estimate of drug-likeness (QED) is 0.203. The third kappa shape index (κ3) is 5.98. The Kier molecular flexibility index (Phi) is 7.71. The number of rotatable bonds is 9. The number of nitrogens with zero attached hydrogens (tertiary/aromatic N) is 1. The molecule has 0 saturated carbocycles. The van der Waals surface area contributed by atoms with Gasteiger partial charge in [0.1, 0.15) is 6.61 Å². The summed E-state index contributed by atoms with van der Waals surface area (Å²) in [5.74, 6) is 1.11. The molecular formula is C27H24Cl2N2O2. The highest BCUT2D eigenvalue weighted by Crippen LogP contribution is 2.37. The van der Waals surface area contributed by atoms with Crippen LogP contribution in [-0.4, -0.2) is 12.8 Å². The molecule has 4 aromatic carbocycles. The van der Waals surface area contributed by atoms with Gasteiger partial charge in [0.05, 0.1) is 24.4 Å². The maximum absolute atomic E-state index is 6.58. The molecule has 0 fully saturated rings. The summed E-state index contributed by atoms with van der Waals surface area (Å²) in [4.78, 5) is 0. The Balaban J connectivity index is 1.47. The zero-order valence-electron chi connectivity index (χ0n) is 18.2. The molecule has 0 aliphatic heterocycles. The molecule has 0 aromatic heterocycles. The molecule has 168 valence electrons. The number of fused-ring (bicyclic) bond motifs is 1. The fourth-order valence-electron chi connectivity index (χ4n) is 3.49. The largest absolute Gasteiger partial charge is 0.490 e. The summed E-state index contributed by atoms with van der Waals surface area (Å²) in [7, 11) is 0. The Morgan fingerprint density at radius 2 is 1.70 bits per heavy atom. The number of benzene rings is 4. The molecule has 33 heavy (non-hydrogen) atoms. The van der Waals surface area contributed by atoms with Crippen LogP contribution in [0.25, 0.3) is 10.8 Å². The van der Waals surface area contributed by atoms with Gasteiger partial charge < -0.3 is 14.9 Å². The van der Waals surface area contributed by atoms with Crippen molar-refractivity contribution in [3.8, 4) is 11.5 Å². The number of hydrogen-bond donors (Lipinski definition) is 1. The molecule has 0 radical (unpaired) electrons. The van der Waals surface area contributed by atoms with Crippen molar-refractivity contribution in [3.63, 3.8) is 0 Å². The second kappa shape index (κ2) is 11.1. The van der Waals surface area contributed by atoms with Gasteiger partial charge in [0.15, 0.2) is 11.5 Å². The van der Waals surface area contributed by atoms with Crippen LogP contribution in [0, 0.1) is 0 Å². The van der Waals surface area contributed by atoms with Gasteiger partial charge in [-0.05, 0) is 58.7 Å². The summed E-state index contributed by atoms with van der Waals surface area (Å²) in [6.45, 7) is 3.40. The first kappa shape index (κ1) is 23.0. The van der Waals surface area contributed by atoms with E-state index in [1.165, 1.54) is 5.39 Å². The van der Waals surface area contributed by atoms with E-state index in [0.29, 0.717) is 41.3 Å². The number of hydrazone groups is 1. The second-order valence-corrected chi connectivity index (χ2v) is 8.25. The molecule has 0 bridgehead atoms. The molecule has 0 saturated heterocycles. The van der Waals surface area contributed by atoms with Gasteiger partial charge in [0, 0.05) is 5.02 Å². The first-order chi connectivity index (χ1) is 16.1. The van der Waals surface area contributed by atoms with E-state index in [0.717, 1.165) is 22.1 Å². The Morgan fingerprint density at radius 1 is 0.909 bits per heavy atom. The Hall–Kier alpha value is -3.21. The average molecular weight is 479 g/mol. The lowest BCUT2D eigenvalue weighted by Crippen LogP contribution is -2.06. The van der Waals surface area contributed by atoms with E-state index in [-0.39, 0.29) is 0 Å². The van der Waals surface area contributed by atoms with Crippen LogP contribution in [0.5, 0.6) is 11.5 Å². The predicted octanol–water partition coefficient (Wildman–Crippen LogP) is 7.25. The summed E-state index contributed by atoms with van der Waals surface area (Å²) >= 11 is 12.5. The maximum Gasteiger partial charge on any atom is 0.180 e. The normalized spacial score (nSPS) is 11.1. The summed E-state index contributed by atoms with van der Waals surface area (Å²) in [5.41, 5.74) is 6.01. The SMILES string of the molecule is CCOc1cc(/C=N\NCc2ccc(Cl)cc2)cc(Cl)c1OCc1cccc2ccccc12. The molecule has 6 heteroatoms. The van der Waals surface area contributed by atoms with Crippen LogP contribution in [-0.2, 0) is 13.2 Å². The topological polar surface area (TPSA) is 42.8 Å². The van der Waals surface area contributed by atoms with Crippen molar-refractivity contribution >= 4 is 40.2 Å². The van der Waals surface area contributed by atoms with Crippen LogP contribution in [0.15, 0.2) is 84.0 Å². The minimum atomic E-state index is 0.386. The molecule has 4 rings (SSSR count). The average Bonchev–Trinajstić information content (AvgIpc) is 2.83. The van der Waals surface area contributed by atoms with E-state index < -0.39 is 0 Å². The lowest BCUT2D eigenvalue weighted by atomic mass is 10.1. The van der Waals surface area contributed by atoms with Crippen LogP contribution >= 0.6 is 23.2 Å². The Labute approximate surface area is 203 Å². The van der Waals surface area contributed by atoms with Crippen LogP contribution in [0.3, 0.4) is 0 Å². The monoisotopic (exact) mass is 478 g/mol. The first-order valence-corrected chi connectivity index (χ1v) is 11.5. The van der Waals surface area contributed by atoms with E-state index in [4.69, 9.17) is 32.7 Å². The Morgan fingerprint density at radius 3 is 2.52 bits per heavy atom. The van der Waals surface area contributed by atoms with E-state index in [9.17, 15) is 0 Å². The summed E-state index contributed by atoms with van der Waals surface area (Å²) < 4.78 is 12.0. The fraction of sp³-hybridized carbons (Fsp3) is 0.148. The van der Waals surface area contributed by atoms with Crippen LogP contribution in [0.4, 0.5) is 0 Å². The molecule has 4 aromatic rings. The molecule has 0 atom stereocenters. The molecular weight excluding hydrogens is 455 g/mol. The third-order valence-corrected chi connectivity index (χ3v) is 5.62. The molecule has 0 amide bonds. The maximum atomic E-state index is 6.58. The van der Waals surface area contributed by atoms with E-state index >= 15 is 0 Å². The van der Waals surface area contributed by atoms with Gasteiger partial charge in [-0.25, -0.2) is 0 Å². The highest BCUT2D eigenvalue weighted by atomic mass is 35.5. The molecule has 0 unspecified atom stereocenters. The van der Waals surface area contributed by atoms with Crippen LogP contribution in [0.1, 0.15) is 23.6 Å². The summed E-state index contributed by atoms with van der Waals surface area (Å²) in [5, 5.41) is 7.81. The summed E-state index contributed by atoms with van der Waals surface area (Å²) in [6.07, 6.45) is 1.71. The van der Waals surface area contributed by atoms with Gasteiger partial charge in [-0.15, -0.1) is 0 Å². The molecule has 0 spiro atoms. The zero-order chi connectivity index (χ0) is 23.0. The van der Waals surface area contributed by atoms with Gasteiger partial charge in [-0.2, -0.15) is 5.10 Å². The van der Waals surface area contributed by atoms with Gasteiger partial charge in [0.2, 0.25) is 0 Å². The summed E-state index contributed by atoms with van der Waals surface area (Å²) in [6, 6.07) is 25.7. The lowest BCUT2D eigenvalue weighted by Gasteiger charge is -2.15. The van der Waals surface area contributed by atoms with Crippen LogP contribution < -0.4 is 14.9 Å². The van der Waals surface area contributed by atoms with Crippen molar-refractivity contribution in [2.75, 3.05) is 6.61 Å². The van der Waals surface area contributed by atoms with E-state index in [1.54, 1.807) is 6.21 Å². The van der Waals surface area contributed by atoms with Gasteiger partial charge in [0.25, 0.3) is 0 Å². The molecule has 4 nitrogen and oxygen atoms in total. The molecule has 1 N–H and O–H groups in total. The predicted molar refractivity (Wildman–Crippen MR) is 137 cm³/mol. The third-order valence-electron chi connectivity index (χ3n) is 5.08. The van der Waals surface area contributed by atoms with Crippen molar-refractivity contribution in [1.82, 2.24) is 5.43 Å². The lowest BCUT2D eigenvalue weighted by molar-refractivity contribution is 0.270.